The third kappa shape index (κ3) is 3.59. The van der Waals surface area contributed by atoms with Gasteiger partial charge in [-0.1, -0.05) is 20.8 Å². The summed E-state index contributed by atoms with van der Waals surface area (Å²) >= 11 is 0. The molecule has 0 aromatic carbocycles. The van der Waals surface area contributed by atoms with Crippen molar-refractivity contribution >= 4 is 11.6 Å². The molecule has 2 N–H and O–H groups in total. The van der Waals surface area contributed by atoms with E-state index in [2.05, 4.69) is 34.8 Å². The minimum absolute atomic E-state index is 0.486. The van der Waals surface area contributed by atoms with Gasteiger partial charge >= 0.3 is 0 Å². The first-order valence-electron chi connectivity index (χ1n) is 6.31. The Labute approximate surface area is 109 Å². The summed E-state index contributed by atoms with van der Waals surface area (Å²) in [5.41, 5.74) is 6.85. The molecule has 0 fully saturated rings. The normalized spacial score (nSPS) is 10.4. The van der Waals surface area contributed by atoms with Crippen LogP contribution in [0.15, 0.2) is 6.33 Å². The van der Waals surface area contributed by atoms with E-state index in [1.807, 2.05) is 6.92 Å². The SMILES string of the molecule is CCc1c(N)ncnc1N(CCC#N)CC(C)C. The van der Waals surface area contributed by atoms with Gasteiger partial charge in [0.1, 0.15) is 18.0 Å². The Hall–Kier alpha value is -1.83. The molecule has 1 rings (SSSR count). The van der Waals surface area contributed by atoms with Crippen LogP contribution in [0.5, 0.6) is 0 Å². The monoisotopic (exact) mass is 247 g/mol. The minimum Gasteiger partial charge on any atom is -0.383 e. The summed E-state index contributed by atoms with van der Waals surface area (Å²) in [4.78, 5) is 10.5. The smallest absolute Gasteiger partial charge is 0.137 e. The second-order valence-electron chi connectivity index (χ2n) is 4.66. The molecule has 0 spiro atoms. The van der Waals surface area contributed by atoms with Crippen LogP contribution in [0.1, 0.15) is 32.8 Å². The maximum atomic E-state index is 8.74. The number of hydrogen-bond donors (Lipinski definition) is 1. The molecule has 0 bridgehead atoms. The van der Waals surface area contributed by atoms with Crippen LogP contribution in [-0.4, -0.2) is 23.1 Å². The van der Waals surface area contributed by atoms with Gasteiger partial charge in [0.15, 0.2) is 0 Å². The average molecular weight is 247 g/mol. The Balaban J connectivity index is 3.04. The summed E-state index contributed by atoms with van der Waals surface area (Å²) in [6.45, 7) is 7.88. The fraction of sp³-hybridized carbons (Fsp3) is 0.615. The van der Waals surface area contributed by atoms with Crippen molar-refractivity contribution in [2.75, 3.05) is 23.7 Å². The Kier molecular flexibility index (Phi) is 5.37. The lowest BCUT2D eigenvalue weighted by Crippen LogP contribution is -2.30. The van der Waals surface area contributed by atoms with Crippen molar-refractivity contribution in [3.63, 3.8) is 0 Å². The van der Waals surface area contributed by atoms with Crippen molar-refractivity contribution < 1.29 is 0 Å². The molecule has 5 heteroatoms. The molecule has 0 radical (unpaired) electrons. The molecule has 0 unspecified atom stereocenters. The average Bonchev–Trinajstić information content (AvgIpc) is 2.33. The first kappa shape index (κ1) is 14.2. The lowest BCUT2D eigenvalue weighted by Gasteiger charge is -2.26. The van der Waals surface area contributed by atoms with Crippen LogP contribution >= 0.6 is 0 Å². The third-order valence-electron chi connectivity index (χ3n) is 2.69. The van der Waals surface area contributed by atoms with Crippen LogP contribution in [-0.2, 0) is 6.42 Å². The van der Waals surface area contributed by atoms with Crippen LogP contribution in [0.3, 0.4) is 0 Å². The maximum absolute atomic E-state index is 8.74. The molecule has 18 heavy (non-hydrogen) atoms. The maximum Gasteiger partial charge on any atom is 0.137 e. The van der Waals surface area contributed by atoms with Crippen molar-refractivity contribution in [1.29, 1.82) is 5.26 Å². The van der Waals surface area contributed by atoms with Crippen molar-refractivity contribution in [2.24, 2.45) is 5.92 Å². The number of rotatable bonds is 6. The van der Waals surface area contributed by atoms with E-state index in [0.29, 0.717) is 24.7 Å². The van der Waals surface area contributed by atoms with E-state index in [-0.39, 0.29) is 0 Å². The zero-order chi connectivity index (χ0) is 13.5. The Morgan fingerprint density at radius 3 is 2.72 bits per heavy atom. The van der Waals surface area contributed by atoms with Crippen LogP contribution in [0.4, 0.5) is 11.6 Å². The van der Waals surface area contributed by atoms with E-state index in [9.17, 15) is 0 Å². The zero-order valence-corrected chi connectivity index (χ0v) is 11.3. The minimum atomic E-state index is 0.486. The molecule has 0 saturated carbocycles. The molecule has 0 aliphatic heterocycles. The quantitative estimate of drug-likeness (QED) is 0.831. The summed E-state index contributed by atoms with van der Waals surface area (Å²) in [6.07, 6.45) is 2.77. The largest absolute Gasteiger partial charge is 0.383 e. The van der Waals surface area contributed by atoms with Gasteiger partial charge in [-0.25, -0.2) is 9.97 Å². The van der Waals surface area contributed by atoms with Gasteiger partial charge in [0.25, 0.3) is 0 Å². The van der Waals surface area contributed by atoms with Crippen molar-refractivity contribution in [1.82, 2.24) is 9.97 Å². The molecule has 0 aliphatic carbocycles. The number of nitriles is 1. The van der Waals surface area contributed by atoms with Gasteiger partial charge < -0.3 is 10.6 Å². The lowest BCUT2D eigenvalue weighted by molar-refractivity contribution is 0.605. The Bertz CT molecular complexity index is 422. The van der Waals surface area contributed by atoms with E-state index < -0.39 is 0 Å². The number of anilines is 2. The summed E-state index contributed by atoms with van der Waals surface area (Å²) in [7, 11) is 0. The van der Waals surface area contributed by atoms with E-state index in [4.69, 9.17) is 11.0 Å². The highest BCUT2D eigenvalue weighted by Crippen LogP contribution is 2.23. The molecule has 0 saturated heterocycles. The third-order valence-corrected chi connectivity index (χ3v) is 2.69. The highest BCUT2D eigenvalue weighted by atomic mass is 15.2. The number of aromatic nitrogens is 2. The number of nitrogen functional groups attached to an aromatic ring is 1. The van der Waals surface area contributed by atoms with E-state index in [1.54, 1.807) is 0 Å². The van der Waals surface area contributed by atoms with E-state index >= 15 is 0 Å². The van der Waals surface area contributed by atoms with Gasteiger partial charge in [0, 0.05) is 18.7 Å². The number of nitrogens with zero attached hydrogens (tertiary/aromatic N) is 4. The fourth-order valence-corrected chi connectivity index (χ4v) is 1.94. The van der Waals surface area contributed by atoms with E-state index in [0.717, 1.165) is 24.3 Å². The van der Waals surface area contributed by atoms with Crippen molar-refractivity contribution in [2.45, 2.75) is 33.6 Å². The first-order chi connectivity index (χ1) is 8.60. The summed E-state index contributed by atoms with van der Waals surface area (Å²) in [6, 6.07) is 2.18. The number of nitrogens with two attached hydrogens (primary N) is 1. The van der Waals surface area contributed by atoms with Gasteiger partial charge in [0.05, 0.1) is 12.5 Å². The molecule has 0 atom stereocenters. The molecule has 1 aromatic heterocycles. The summed E-state index contributed by atoms with van der Waals surface area (Å²) in [5, 5.41) is 8.74. The molecule has 0 amide bonds. The van der Waals surface area contributed by atoms with E-state index in [1.165, 1.54) is 6.33 Å². The van der Waals surface area contributed by atoms with Crippen molar-refractivity contribution in [3.8, 4) is 6.07 Å². The molecular formula is C13H21N5. The molecule has 98 valence electrons. The summed E-state index contributed by atoms with van der Waals surface area (Å²) in [5.74, 6) is 1.91. The molecule has 1 aromatic rings. The van der Waals surface area contributed by atoms with Crippen LogP contribution in [0.25, 0.3) is 0 Å². The fourth-order valence-electron chi connectivity index (χ4n) is 1.94. The standard InChI is InChI=1S/C13H21N5/c1-4-11-12(15)16-9-17-13(11)18(7-5-6-14)8-10(2)3/h9-10H,4-5,7-8H2,1-3H3,(H2,15,16,17). The van der Waals surface area contributed by atoms with Gasteiger partial charge in [-0.3, -0.25) is 0 Å². The van der Waals surface area contributed by atoms with Crippen LogP contribution in [0, 0.1) is 17.2 Å². The molecule has 1 heterocycles. The zero-order valence-electron chi connectivity index (χ0n) is 11.3. The lowest BCUT2D eigenvalue weighted by atomic mass is 10.1. The van der Waals surface area contributed by atoms with Gasteiger partial charge in [-0.2, -0.15) is 5.26 Å². The second-order valence-corrected chi connectivity index (χ2v) is 4.66. The second kappa shape index (κ2) is 6.80. The first-order valence-corrected chi connectivity index (χ1v) is 6.31. The van der Waals surface area contributed by atoms with Gasteiger partial charge in [0.2, 0.25) is 0 Å². The van der Waals surface area contributed by atoms with Gasteiger partial charge in [-0.15, -0.1) is 0 Å². The van der Waals surface area contributed by atoms with Crippen LogP contribution in [0.2, 0.25) is 0 Å². The molecule has 0 aliphatic rings. The molecule has 5 nitrogen and oxygen atoms in total. The van der Waals surface area contributed by atoms with Crippen molar-refractivity contribution in [3.05, 3.63) is 11.9 Å². The Morgan fingerprint density at radius 2 is 2.17 bits per heavy atom. The predicted molar refractivity (Wildman–Crippen MR) is 73.1 cm³/mol. The molecular weight excluding hydrogens is 226 g/mol. The number of hydrogen-bond acceptors (Lipinski definition) is 5. The van der Waals surface area contributed by atoms with Gasteiger partial charge in [-0.05, 0) is 12.3 Å². The predicted octanol–water partition coefficient (Wildman–Crippen LogP) is 2.00. The van der Waals surface area contributed by atoms with Crippen LogP contribution < -0.4 is 10.6 Å². The highest BCUT2D eigenvalue weighted by molar-refractivity contribution is 5.56. The summed E-state index contributed by atoms with van der Waals surface area (Å²) < 4.78 is 0. The topological polar surface area (TPSA) is 78.8 Å². The highest BCUT2D eigenvalue weighted by Gasteiger charge is 2.15. The Morgan fingerprint density at radius 1 is 1.44 bits per heavy atom.